The van der Waals surface area contributed by atoms with Gasteiger partial charge in [-0.25, -0.2) is 0 Å². The van der Waals surface area contributed by atoms with Crippen molar-refractivity contribution in [2.24, 2.45) is 0 Å². The number of aromatic nitrogens is 3. The van der Waals surface area contributed by atoms with Crippen LogP contribution >= 0.6 is 0 Å². The van der Waals surface area contributed by atoms with E-state index in [4.69, 9.17) is 4.74 Å². The zero-order chi connectivity index (χ0) is 23.8. The molecule has 0 unspecified atom stereocenters. The van der Waals surface area contributed by atoms with Gasteiger partial charge in [0.15, 0.2) is 0 Å². The lowest BCUT2D eigenvalue weighted by atomic mass is 10.0. The third-order valence-electron chi connectivity index (χ3n) is 7.65. The summed E-state index contributed by atoms with van der Waals surface area (Å²) in [6, 6.07) is 4.55. The van der Waals surface area contributed by atoms with Crippen LogP contribution in [0.25, 0.3) is 21.8 Å². The Kier molecular flexibility index (Phi) is 7.62. The van der Waals surface area contributed by atoms with Gasteiger partial charge >= 0.3 is 0 Å². The van der Waals surface area contributed by atoms with Crippen LogP contribution in [0.1, 0.15) is 68.4 Å². The molecular weight excluding hydrogens is 442 g/mol. The molecule has 8 heteroatoms. The number of ether oxygens (including phenoxy) is 1. The lowest BCUT2D eigenvalue weighted by Crippen LogP contribution is -2.53. The molecule has 1 aromatic carbocycles. The number of methoxy groups -OCH3 is 1. The Bertz CT molecular complexity index is 1260. The van der Waals surface area contributed by atoms with Gasteiger partial charge in [-0.1, -0.05) is 20.3 Å². The molecular formula is C27H39N5O3. The van der Waals surface area contributed by atoms with Crippen molar-refractivity contribution >= 4 is 27.7 Å². The van der Waals surface area contributed by atoms with Crippen molar-refractivity contribution in [2.75, 3.05) is 39.9 Å². The number of carbonyl (C=O) groups is 1. The molecule has 8 nitrogen and oxygen atoms in total. The molecule has 1 saturated heterocycles. The lowest BCUT2D eigenvalue weighted by molar-refractivity contribution is 0.0490. The first kappa shape index (κ1) is 25.4. The first-order valence-electron chi connectivity index (χ1n) is 12.5. The van der Waals surface area contributed by atoms with E-state index >= 15 is 0 Å². The first-order valence-corrected chi connectivity index (χ1v) is 12.5. The predicted octanol–water partition coefficient (Wildman–Crippen LogP) is 4.12. The summed E-state index contributed by atoms with van der Waals surface area (Å²) in [4.78, 5) is 33.8. The average Bonchev–Trinajstić information content (AvgIpc) is 3.50. The van der Waals surface area contributed by atoms with E-state index in [0.717, 1.165) is 60.9 Å². The van der Waals surface area contributed by atoms with Crippen LogP contribution in [-0.4, -0.2) is 76.4 Å². The summed E-state index contributed by atoms with van der Waals surface area (Å²) in [5, 5.41) is 6.11. The maximum absolute atomic E-state index is 13.7. The highest BCUT2D eigenvalue weighted by molar-refractivity contribution is 6.07. The molecule has 1 N–H and O–H groups in total. The normalized spacial score (nSPS) is 19.5. The number of amides is 1. The Morgan fingerprint density at radius 3 is 2.69 bits per heavy atom. The Balaban J connectivity index is 0.00000289. The largest absolute Gasteiger partial charge is 0.385 e. The van der Waals surface area contributed by atoms with Crippen LogP contribution in [0.5, 0.6) is 0 Å². The van der Waals surface area contributed by atoms with Gasteiger partial charge in [-0.3, -0.25) is 19.2 Å². The highest BCUT2D eigenvalue weighted by Gasteiger charge is 2.28. The zero-order valence-electron chi connectivity index (χ0n) is 20.5. The molecule has 0 radical (unpaired) electrons. The Morgan fingerprint density at radius 1 is 1.20 bits per heavy atom. The monoisotopic (exact) mass is 481 g/mol. The number of hydrogen-bond donors (Lipinski definition) is 1. The van der Waals surface area contributed by atoms with Crippen LogP contribution in [0.2, 0.25) is 0 Å². The molecule has 1 saturated carbocycles. The van der Waals surface area contributed by atoms with Crippen molar-refractivity contribution in [2.45, 2.75) is 65.5 Å². The molecule has 0 bridgehead atoms. The molecule has 2 aromatic heterocycles. The van der Waals surface area contributed by atoms with Gasteiger partial charge in [0.05, 0.1) is 28.7 Å². The van der Waals surface area contributed by atoms with Crippen molar-refractivity contribution < 1.29 is 9.53 Å². The van der Waals surface area contributed by atoms with Gasteiger partial charge in [-0.15, -0.1) is 0 Å². The SMILES string of the molecule is C.COCCCN1CCN(C(=O)c2cc3c(cc2C)[nH]c(=O)c2cnn(C4CCCC4)c23)C[C@H]1C. The van der Waals surface area contributed by atoms with Gasteiger partial charge in [-0.05, 0) is 50.8 Å². The number of aromatic amines is 1. The van der Waals surface area contributed by atoms with Crippen molar-refractivity contribution in [1.82, 2.24) is 24.6 Å². The minimum atomic E-state index is -0.122. The van der Waals surface area contributed by atoms with Crippen LogP contribution in [0, 0.1) is 6.92 Å². The second-order valence-corrected chi connectivity index (χ2v) is 9.94. The molecule has 35 heavy (non-hydrogen) atoms. The van der Waals surface area contributed by atoms with Gasteiger partial charge in [0.2, 0.25) is 0 Å². The Labute approximate surface area is 207 Å². The minimum Gasteiger partial charge on any atom is -0.385 e. The summed E-state index contributed by atoms with van der Waals surface area (Å²) >= 11 is 0. The molecule has 1 amide bonds. The number of aryl methyl sites for hydroxylation is 1. The topological polar surface area (TPSA) is 83.5 Å². The molecule has 1 aliphatic heterocycles. The first-order chi connectivity index (χ1) is 16.5. The molecule has 5 rings (SSSR count). The van der Waals surface area contributed by atoms with Gasteiger partial charge in [0.25, 0.3) is 11.5 Å². The minimum absolute atomic E-state index is 0. The molecule has 0 spiro atoms. The number of rotatable bonds is 6. The number of benzene rings is 1. The van der Waals surface area contributed by atoms with Gasteiger partial charge in [0.1, 0.15) is 0 Å². The van der Waals surface area contributed by atoms with E-state index in [2.05, 4.69) is 21.9 Å². The van der Waals surface area contributed by atoms with E-state index in [9.17, 15) is 9.59 Å². The average molecular weight is 482 g/mol. The van der Waals surface area contributed by atoms with E-state index in [0.29, 0.717) is 36.1 Å². The van der Waals surface area contributed by atoms with E-state index in [1.807, 2.05) is 28.6 Å². The second kappa shape index (κ2) is 10.5. The fraction of sp³-hybridized carbons (Fsp3) is 0.593. The van der Waals surface area contributed by atoms with Gasteiger partial charge in [0, 0.05) is 56.9 Å². The summed E-state index contributed by atoms with van der Waals surface area (Å²) in [6.45, 7) is 8.19. The number of pyridine rings is 1. The van der Waals surface area contributed by atoms with Crippen LogP contribution in [-0.2, 0) is 4.74 Å². The third-order valence-corrected chi connectivity index (χ3v) is 7.65. The summed E-state index contributed by atoms with van der Waals surface area (Å²) in [5.74, 6) is 0.0640. The van der Waals surface area contributed by atoms with Gasteiger partial charge in [-0.2, -0.15) is 5.10 Å². The van der Waals surface area contributed by atoms with Crippen LogP contribution in [0.3, 0.4) is 0 Å². The Morgan fingerprint density at radius 2 is 1.97 bits per heavy atom. The third kappa shape index (κ3) is 4.74. The number of H-pyrrole nitrogens is 1. The summed E-state index contributed by atoms with van der Waals surface area (Å²) < 4.78 is 7.22. The lowest BCUT2D eigenvalue weighted by Gasteiger charge is -2.40. The number of hydrogen-bond acceptors (Lipinski definition) is 5. The summed E-state index contributed by atoms with van der Waals surface area (Å²) in [5.41, 5.74) is 3.09. The highest BCUT2D eigenvalue weighted by atomic mass is 16.5. The molecule has 1 atom stereocenters. The summed E-state index contributed by atoms with van der Waals surface area (Å²) in [6.07, 6.45) is 7.21. The summed E-state index contributed by atoms with van der Waals surface area (Å²) in [7, 11) is 1.73. The second-order valence-electron chi connectivity index (χ2n) is 9.94. The predicted molar refractivity (Wildman–Crippen MR) is 140 cm³/mol. The van der Waals surface area contributed by atoms with E-state index in [1.54, 1.807) is 13.3 Å². The zero-order valence-corrected chi connectivity index (χ0v) is 20.5. The van der Waals surface area contributed by atoms with Crippen LogP contribution < -0.4 is 5.56 Å². The van der Waals surface area contributed by atoms with Crippen LogP contribution in [0.15, 0.2) is 23.1 Å². The highest BCUT2D eigenvalue weighted by Crippen LogP contribution is 2.34. The van der Waals surface area contributed by atoms with Crippen molar-refractivity contribution in [1.29, 1.82) is 0 Å². The van der Waals surface area contributed by atoms with E-state index in [-0.39, 0.29) is 18.9 Å². The van der Waals surface area contributed by atoms with E-state index in [1.165, 1.54) is 12.8 Å². The number of fused-ring (bicyclic) bond motifs is 3. The standard InChI is InChI=1S/C26H35N5O3.CH4/c1-17-13-23-21(24-22(25(32)28-23)15-27-31(24)19-7-4-5-8-19)14-20(17)26(33)30-11-10-29(18(2)16-30)9-6-12-34-3;/h13-15,18-19H,4-12,16H2,1-3H3,(H,28,32);1H4/t18-;/m1./s1. The number of piperazine rings is 1. The van der Waals surface area contributed by atoms with Crippen LogP contribution in [0.4, 0.5) is 0 Å². The molecule has 190 valence electrons. The van der Waals surface area contributed by atoms with E-state index < -0.39 is 0 Å². The number of carbonyl (C=O) groups excluding carboxylic acids is 1. The van der Waals surface area contributed by atoms with Crippen molar-refractivity contribution in [3.63, 3.8) is 0 Å². The number of nitrogens with one attached hydrogen (secondary N) is 1. The molecule has 1 aliphatic carbocycles. The number of nitrogens with zero attached hydrogens (tertiary/aromatic N) is 4. The molecule has 2 aliphatic rings. The van der Waals surface area contributed by atoms with Gasteiger partial charge < -0.3 is 14.6 Å². The molecule has 3 heterocycles. The quantitative estimate of drug-likeness (QED) is 0.536. The fourth-order valence-electron chi connectivity index (χ4n) is 5.74. The van der Waals surface area contributed by atoms with Crippen molar-refractivity contribution in [3.05, 3.63) is 39.8 Å². The maximum atomic E-state index is 13.7. The smallest absolute Gasteiger partial charge is 0.259 e. The Hall–Kier alpha value is -2.71. The molecule has 3 aromatic rings. The maximum Gasteiger partial charge on any atom is 0.259 e. The fourth-order valence-corrected chi connectivity index (χ4v) is 5.74. The molecule has 2 fully saturated rings. The van der Waals surface area contributed by atoms with Crippen molar-refractivity contribution in [3.8, 4) is 0 Å².